The van der Waals surface area contributed by atoms with Gasteiger partial charge in [-0.05, 0) is 61.9 Å². The van der Waals surface area contributed by atoms with Crippen molar-refractivity contribution in [2.24, 2.45) is 0 Å². The van der Waals surface area contributed by atoms with E-state index in [1.54, 1.807) is 36.4 Å². The van der Waals surface area contributed by atoms with Crippen molar-refractivity contribution in [2.75, 3.05) is 32.2 Å². The fourth-order valence-electron chi connectivity index (χ4n) is 6.14. The predicted octanol–water partition coefficient (Wildman–Crippen LogP) is -2.18. The van der Waals surface area contributed by atoms with E-state index in [1.807, 2.05) is 0 Å². The molecule has 3 fully saturated rings. The molecule has 0 aliphatic carbocycles. The van der Waals surface area contributed by atoms with Gasteiger partial charge >= 0.3 is 5.97 Å². The topological polar surface area (TPSA) is 282 Å². The summed E-state index contributed by atoms with van der Waals surface area (Å²) in [5.41, 5.74) is 1.25. The largest absolute Gasteiger partial charge is 0.497 e. The Hall–Kier alpha value is -3.80. The number of rotatable bonds is 15. The Balaban J connectivity index is 1.36. The van der Waals surface area contributed by atoms with E-state index in [0.29, 0.717) is 17.0 Å². The number of hydrogen-bond acceptors (Lipinski definition) is 19. The van der Waals surface area contributed by atoms with Gasteiger partial charge in [-0.15, -0.1) is 0 Å². The van der Waals surface area contributed by atoms with Crippen LogP contribution in [-0.4, -0.2) is 172 Å². The average molecular weight is 796 g/mol. The van der Waals surface area contributed by atoms with E-state index < -0.39 is 111 Å². The summed E-state index contributed by atoms with van der Waals surface area (Å²) in [5, 5.41) is 88.1. The van der Waals surface area contributed by atoms with Crippen LogP contribution in [0, 0.1) is 0 Å². The number of carbonyl (C=O) groups excluding carboxylic acids is 2. The maximum atomic E-state index is 12.6. The van der Waals surface area contributed by atoms with E-state index in [0.717, 1.165) is 6.08 Å². The first-order valence-electron chi connectivity index (χ1n) is 17.8. The molecule has 15 atom stereocenters. The lowest BCUT2D eigenvalue weighted by Crippen LogP contribution is -2.67. The number of aliphatic hydroxyl groups is 8. The monoisotopic (exact) mass is 795 g/mol. The minimum Gasteiger partial charge on any atom is -0.497 e. The summed E-state index contributed by atoms with van der Waals surface area (Å²) < 4.78 is 45.8. The van der Waals surface area contributed by atoms with E-state index in [-0.39, 0.29) is 18.1 Å². The van der Waals surface area contributed by atoms with Crippen LogP contribution in [0.25, 0.3) is 6.08 Å². The summed E-state index contributed by atoms with van der Waals surface area (Å²) in [4.78, 5) is 24.0. The van der Waals surface area contributed by atoms with E-state index in [1.165, 1.54) is 39.2 Å². The lowest BCUT2D eigenvalue weighted by Gasteiger charge is -2.48. The predicted molar refractivity (Wildman–Crippen MR) is 190 cm³/mol. The fraction of sp³-hybridized carbons (Fsp3) is 0.568. The normalized spacial score (nSPS) is 36.2. The number of esters is 1. The molecule has 0 bridgehead atoms. The summed E-state index contributed by atoms with van der Waals surface area (Å²) >= 11 is 0. The van der Waals surface area contributed by atoms with Gasteiger partial charge in [0.1, 0.15) is 84.9 Å². The van der Waals surface area contributed by atoms with Crippen molar-refractivity contribution in [2.45, 2.75) is 106 Å². The zero-order valence-electron chi connectivity index (χ0n) is 30.7. The lowest BCUT2D eigenvalue weighted by atomic mass is 9.96. The SMILES string of the molecule is COc1ccc(/C=C/C(=O)OC[C@H]2O[C@@H](O[C@H]3[C@H](Oc4ccc(NCC(C)=O)cc4)O[C@@H](C)[C@H](O)[C@H]3O[C@@H]3O[C@H](CO)[C@@H](O)[C@H](O)[C@H]3O)[C@H](O)[C@@H](O)[C@@H]2O)cc1. The smallest absolute Gasteiger partial charge is 0.330 e. The Bertz CT molecular complexity index is 1590. The first-order chi connectivity index (χ1) is 26.7. The van der Waals surface area contributed by atoms with Crippen LogP contribution in [0.3, 0.4) is 0 Å². The number of benzene rings is 2. The van der Waals surface area contributed by atoms with Gasteiger partial charge in [0.25, 0.3) is 0 Å². The van der Waals surface area contributed by atoms with E-state index >= 15 is 0 Å². The standard InChI is InChI=1S/C37H49NO18/c1-17(40)14-38-20-7-11-22(12-8-20)52-37-34(33(26(42)18(2)51-37)55-35-31(47)29(45)27(43)23(15-39)53-35)56-36-32(48)30(46)28(44)24(54-36)16-50-25(41)13-6-19-4-9-21(49-3)10-5-19/h4-13,18,23-24,26-39,42-48H,14-16H2,1-3H3/b13-6+/t18-,23+,24+,26-,27+,28+,29-,30-,31+,32+,33+,34+,35-,36-,37-/m0/s1. The number of methoxy groups -OCH3 is 1. The summed E-state index contributed by atoms with van der Waals surface area (Å²) in [6.45, 7) is 1.60. The third-order valence-electron chi connectivity index (χ3n) is 9.42. The quantitative estimate of drug-likeness (QED) is 0.0684. The molecular weight excluding hydrogens is 746 g/mol. The Morgan fingerprint density at radius 1 is 0.714 bits per heavy atom. The molecule has 0 radical (unpaired) electrons. The maximum Gasteiger partial charge on any atom is 0.330 e. The van der Waals surface area contributed by atoms with Crippen molar-refractivity contribution >= 4 is 23.5 Å². The van der Waals surface area contributed by atoms with Gasteiger partial charge in [-0.2, -0.15) is 0 Å². The van der Waals surface area contributed by atoms with Crippen LogP contribution < -0.4 is 14.8 Å². The van der Waals surface area contributed by atoms with E-state index in [2.05, 4.69) is 5.32 Å². The van der Waals surface area contributed by atoms with Crippen molar-refractivity contribution in [1.29, 1.82) is 0 Å². The molecule has 310 valence electrons. The summed E-state index contributed by atoms with van der Waals surface area (Å²) in [6, 6.07) is 13.1. The van der Waals surface area contributed by atoms with Crippen LogP contribution in [0.15, 0.2) is 54.6 Å². The minimum atomic E-state index is -1.94. The molecule has 9 N–H and O–H groups in total. The second-order valence-electron chi connectivity index (χ2n) is 13.5. The molecule has 0 unspecified atom stereocenters. The molecule has 2 aromatic carbocycles. The fourth-order valence-corrected chi connectivity index (χ4v) is 6.14. The van der Waals surface area contributed by atoms with Crippen LogP contribution in [-0.2, 0) is 38.0 Å². The molecule has 3 heterocycles. The Labute approximate surface area is 321 Å². The first-order valence-corrected chi connectivity index (χ1v) is 17.8. The van der Waals surface area contributed by atoms with Crippen LogP contribution in [0.2, 0.25) is 0 Å². The number of anilines is 1. The summed E-state index contributed by atoms with van der Waals surface area (Å²) in [5.74, 6) is -0.102. The summed E-state index contributed by atoms with van der Waals surface area (Å²) in [7, 11) is 1.52. The lowest BCUT2D eigenvalue weighted by molar-refractivity contribution is -0.382. The zero-order chi connectivity index (χ0) is 40.7. The number of ketones is 1. The van der Waals surface area contributed by atoms with Gasteiger partial charge in [-0.3, -0.25) is 4.79 Å². The van der Waals surface area contributed by atoms with Crippen molar-refractivity contribution < 1.29 is 88.3 Å². The highest BCUT2D eigenvalue weighted by Gasteiger charge is 2.54. The van der Waals surface area contributed by atoms with Crippen LogP contribution in [0.1, 0.15) is 19.4 Å². The molecule has 3 saturated heterocycles. The van der Waals surface area contributed by atoms with Gasteiger partial charge in [-0.1, -0.05) is 12.1 Å². The maximum absolute atomic E-state index is 12.6. The molecule has 2 aromatic rings. The van der Waals surface area contributed by atoms with E-state index in [4.69, 9.17) is 37.9 Å². The number of Topliss-reactive ketones (excluding diaryl/α,β-unsaturated/α-hetero) is 1. The molecule has 3 aliphatic heterocycles. The zero-order valence-corrected chi connectivity index (χ0v) is 30.7. The van der Waals surface area contributed by atoms with Crippen molar-refractivity contribution in [1.82, 2.24) is 0 Å². The summed E-state index contributed by atoms with van der Waals surface area (Å²) in [6.07, 6.45) is -22.2. The van der Waals surface area contributed by atoms with Gasteiger partial charge in [-0.25, -0.2) is 4.79 Å². The number of carbonyl (C=O) groups is 2. The highest BCUT2D eigenvalue weighted by atomic mass is 16.8. The van der Waals surface area contributed by atoms with Gasteiger partial charge in [0.05, 0.1) is 26.4 Å². The van der Waals surface area contributed by atoms with Gasteiger partial charge in [0.15, 0.2) is 18.7 Å². The first kappa shape index (κ1) is 43.3. The molecule has 0 saturated carbocycles. The van der Waals surface area contributed by atoms with Crippen LogP contribution >= 0.6 is 0 Å². The molecule has 0 aromatic heterocycles. The van der Waals surface area contributed by atoms with Crippen molar-refractivity contribution in [3.8, 4) is 11.5 Å². The molecule has 19 heteroatoms. The highest BCUT2D eigenvalue weighted by Crippen LogP contribution is 2.34. The van der Waals surface area contributed by atoms with Crippen molar-refractivity contribution in [3.05, 3.63) is 60.2 Å². The van der Waals surface area contributed by atoms with Gasteiger partial charge < -0.3 is 84.1 Å². The number of hydrogen-bond donors (Lipinski definition) is 9. The third kappa shape index (κ3) is 10.6. The number of ether oxygens (including phenoxy) is 8. The third-order valence-corrected chi connectivity index (χ3v) is 9.42. The minimum absolute atomic E-state index is 0.0824. The highest BCUT2D eigenvalue weighted by molar-refractivity contribution is 5.87. The van der Waals surface area contributed by atoms with Crippen LogP contribution in [0.4, 0.5) is 5.69 Å². The molecule has 56 heavy (non-hydrogen) atoms. The van der Waals surface area contributed by atoms with E-state index in [9.17, 15) is 50.4 Å². The Morgan fingerprint density at radius 2 is 1.29 bits per heavy atom. The van der Waals surface area contributed by atoms with Crippen molar-refractivity contribution in [3.63, 3.8) is 0 Å². The molecule has 0 spiro atoms. The molecule has 3 aliphatic rings. The Kier molecular flexibility index (Phi) is 15.1. The van der Waals surface area contributed by atoms with Gasteiger partial charge in [0, 0.05) is 11.8 Å². The molecule has 0 amide bonds. The second kappa shape index (κ2) is 19.6. The Morgan fingerprint density at radius 3 is 1.88 bits per heavy atom. The number of aliphatic hydroxyl groups excluding tert-OH is 8. The van der Waals surface area contributed by atoms with Gasteiger partial charge in [0.2, 0.25) is 6.29 Å². The molecular formula is C37H49NO18. The molecule has 19 nitrogen and oxygen atoms in total. The molecule has 5 rings (SSSR count). The second-order valence-corrected chi connectivity index (χ2v) is 13.5. The average Bonchev–Trinajstić information content (AvgIpc) is 3.19. The number of nitrogens with one attached hydrogen (secondary N) is 1. The van der Waals surface area contributed by atoms with Crippen LogP contribution in [0.5, 0.6) is 11.5 Å².